The van der Waals surface area contributed by atoms with Gasteiger partial charge in [-0.3, -0.25) is 4.79 Å². The van der Waals surface area contributed by atoms with E-state index in [-0.39, 0.29) is 31.1 Å². The van der Waals surface area contributed by atoms with Gasteiger partial charge in [-0.05, 0) is 92.9 Å². The quantitative estimate of drug-likeness (QED) is 0.115. The van der Waals surface area contributed by atoms with Crippen LogP contribution in [-0.2, 0) is 23.7 Å². The smallest absolute Gasteiger partial charge is 0.338 e. The maximum Gasteiger partial charge on any atom is 0.338 e. The van der Waals surface area contributed by atoms with E-state index >= 15 is 0 Å². The number of nitrogens with one attached hydrogen (secondary N) is 1. The molecular weight excluding hydrogens is 630 g/mol. The predicted molar refractivity (Wildman–Crippen MR) is 194 cm³/mol. The lowest BCUT2D eigenvalue weighted by Gasteiger charge is -2.53. The molecule has 2 saturated carbocycles. The maximum atomic E-state index is 13.9. The Morgan fingerprint density at radius 3 is 2.48 bits per heavy atom. The van der Waals surface area contributed by atoms with Gasteiger partial charge in [-0.1, -0.05) is 77.2 Å². The van der Waals surface area contributed by atoms with Crippen molar-refractivity contribution in [3.05, 3.63) is 52.6 Å². The number of benzene rings is 1. The van der Waals surface area contributed by atoms with Gasteiger partial charge in [0.1, 0.15) is 18.3 Å². The summed E-state index contributed by atoms with van der Waals surface area (Å²) in [5.74, 6) is -0.268. The van der Waals surface area contributed by atoms with Crippen LogP contribution in [0.1, 0.15) is 140 Å². The van der Waals surface area contributed by atoms with Crippen LogP contribution >= 0.6 is 0 Å². The minimum Gasteiger partial charge on any atom is -0.456 e. The van der Waals surface area contributed by atoms with Crippen molar-refractivity contribution in [2.75, 3.05) is 13.2 Å². The fourth-order valence-corrected chi connectivity index (χ4v) is 9.26. The highest BCUT2D eigenvalue weighted by molar-refractivity contribution is 5.94. The second-order valence-corrected chi connectivity index (χ2v) is 16.6. The summed E-state index contributed by atoms with van der Waals surface area (Å²) >= 11 is 0. The molecule has 0 bridgehead atoms. The van der Waals surface area contributed by atoms with Gasteiger partial charge >= 0.3 is 5.97 Å². The number of carbonyl (C=O) groups is 2. The highest BCUT2D eigenvalue weighted by Crippen LogP contribution is 2.59. The number of aliphatic hydroxyl groups is 1. The van der Waals surface area contributed by atoms with E-state index < -0.39 is 30.1 Å². The Morgan fingerprint density at radius 1 is 1.02 bits per heavy atom. The Hall–Kier alpha value is -2.52. The molecule has 8 heteroatoms. The van der Waals surface area contributed by atoms with Gasteiger partial charge in [0.15, 0.2) is 5.79 Å². The molecule has 50 heavy (non-hydrogen) atoms. The first kappa shape index (κ1) is 37.2. The van der Waals surface area contributed by atoms with Crippen molar-refractivity contribution in [1.29, 1.82) is 0 Å². The molecule has 4 fully saturated rings. The minimum atomic E-state index is -0.767. The number of rotatable bonds is 14. The molecule has 7 unspecified atom stereocenters. The molecule has 1 aromatic rings. The number of allylic oxidation sites excluding steroid dienone is 1. The van der Waals surface area contributed by atoms with Crippen LogP contribution < -0.4 is 5.32 Å². The fraction of sp³-hybridized carbons (Fsp3) is 0.714. The zero-order chi connectivity index (χ0) is 35.5. The molecule has 8 nitrogen and oxygen atoms in total. The summed E-state index contributed by atoms with van der Waals surface area (Å²) in [5, 5.41) is 12.1. The Bertz CT molecular complexity index is 1420. The SMILES string of the molecule is CCCCCC1(CCCCC)OC2C=C(C(=O)NCCO)CC(OC(=O)c3cccc(C=C4CCC5OC5(C)CCC5C4CC5(C)C)c3)C2O1. The van der Waals surface area contributed by atoms with Gasteiger partial charge in [-0.2, -0.15) is 0 Å². The van der Waals surface area contributed by atoms with Gasteiger partial charge in [-0.25, -0.2) is 4.79 Å². The molecule has 7 atom stereocenters. The van der Waals surface area contributed by atoms with E-state index in [9.17, 15) is 14.7 Å². The molecule has 1 amide bonds. The summed E-state index contributed by atoms with van der Waals surface area (Å²) in [4.78, 5) is 27.0. The number of hydrogen-bond acceptors (Lipinski definition) is 7. The molecule has 5 aliphatic rings. The average Bonchev–Trinajstić information content (AvgIpc) is 3.57. The number of amides is 1. The van der Waals surface area contributed by atoms with E-state index in [0.717, 1.165) is 76.2 Å². The van der Waals surface area contributed by atoms with Crippen LogP contribution in [0.5, 0.6) is 0 Å². The van der Waals surface area contributed by atoms with Gasteiger partial charge < -0.3 is 29.4 Å². The van der Waals surface area contributed by atoms with Gasteiger partial charge in [0, 0.05) is 31.4 Å². The molecule has 0 aromatic heterocycles. The van der Waals surface area contributed by atoms with E-state index in [0.29, 0.717) is 34.5 Å². The topological polar surface area (TPSA) is 107 Å². The molecule has 2 heterocycles. The van der Waals surface area contributed by atoms with Gasteiger partial charge in [0.05, 0.1) is 23.9 Å². The van der Waals surface area contributed by atoms with Crippen molar-refractivity contribution >= 4 is 18.0 Å². The summed E-state index contributed by atoms with van der Waals surface area (Å²) in [7, 11) is 0. The minimum absolute atomic E-state index is 0.0424. The van der Waals surface area contributed by atoms with Crippen LogP contribution in [-0.4, -0.2) is 65.9 Å². The molecule has 3 aliphatic carbocycles. The molecule has 0 radical (unpaired) electrons. The second kappa shape index (κ2) is 15.6. The highest BCUT2D eigenvalue weighted by atomic mass is 16.8. The van der Waals surface area contributed by atoms with E-state index in [1.807, 2.05) is 24.3 Å². The predicted octanol–water partition coefficient (Wildman–Crippen LogP) is 8.07. The number of epoxide rings is 1. The van der Waals surface area contributed by atoms with Crippen LogP contribution in [0, 0.1) is 17.3 Å². The summed E-state index contributed by atoms with van der Waals surface area (Å²) in [5.41, 5.74) is 3.83. The van der Waals surface area contributed by atoms with Gasteiger partial charge in [0.2, 0.25) is 5.91 Å². The van der Waals surface area contributed by atoms with Crippen molar-refractivity contribution in [1.82, 2.24) is 5.32 Å². The normalized spacial score (nSPS) is 33.0. The third kappa shape index (κ3) is 8.24. The molecule has 2 N–H and O–H groups in total. The third-order valence-corrected chi connectivity index (χ3v) is 12.3. The Labute approximate surface area is 299 Å². The van der Waals surface area contributed by atoms with Crippen LogP contribution in [0.15, 0.2) is 41.5 Å². The molecule has 0 spiro atoms. The maximum absolute atomic E-state index is 13.9. The first-order valence-corrected chi connectivity index (χ1v) is 19.6. The van der Waals surface area contributed by atoms with Gasteiger partial charge in [-0.15, -0.1) is 0 Å². The standard InChI is InChI=1S/C42H61NO7/c1-6-8-10-18-42(19-11-9-7-2)48-35-26-31(38(45)43-21-22-44)25-34(37(35)50-42)47-39(46)30-14-12-13-28(24-30)23-29-15-16-36-41(5,49-36)20-17-33-32(29)27-40(33,3)4/h12-14,23-24,26,32-37,44H,6-11,15-22,25,27H2,1-5H3,(H,43,45). The highest BCUT2D eigenvalue weighted by Gasteiger charge is 2.56. The van der Waals surface area contributed by atoms with E-state index in [1.54, 1.807) is 0 Å². The van der Waals surface area contributed by atoms with Crippen LogP contribution in [0.3, 0.4) is 0 Å². The number of fused-ring (bicyclic) bond motifs is 3. The summed E-state index contributed by atoms with van der Waals surface area (Å²) in [6.07, 6.45) is 16.4. The molecule has 2 saturated heterocycles. The Balaban J connectivity index is 1.21. The summed E-state index contributed by atoms with van der Waals surface area (Å²) in [6.45, 7) is 11.4. The van der Waals surface area contributed by atoms with Crippen molar-refractivity contribution in [2.45, 2.75) is 160 Å². The number of ether oxygens (including phenoxy) is 4. The number of aliphatic hydroxyl groups excluding tert-OH is 1. The summed E-state index contributed by atoms with van der Waals surface area (Å²) < 4.78 is 25.9. The molecule has 2 aliphatic heterocycles. The van der Waals surface area contributed by atoms with Crippen molar-refractivity contribution in [2.24, 2.45) is 17.3 Å². The van der Waals surface area contributed by atoms with E-state index in [4.69, 9.17) is 18.9 Å². The number of unbranched alkanes of at least 4 members (excludes halogenated alkanes) is 4. The number of carbonyl (C=O) groups excluding carboxylic acids is 2. The molecule has 6 rings (SSSR count). The third-order valence-electron chi connectivity index (χ3n) is 12.3. The lowest BCUT2D eigenvalue weighted by Crippen LogP contribution is -2.45. The van der Waals surface area contributed by atoms with E-state index in [2.05, 4.69) is 52.1 Å². The van der Waals surface area contributed by atoms with Gasteiger partial charge in [0.25, 0.3) is 0 Å². The first-order valence-electron chi connectivity index (χ1n) is 19.6. The lowest BCUT2D eigenvalue weighted by atomic mass is 9.52. The molecular formula is C42H61NO7. The number of hydrogen-bond donors (Lipinski definition) is 2. The molecule has 276 valence electrons. The van der Waals surface area contributed by atoms with Crippen molar-refractivity contribution < 1.29 is 33.6 Å². The van der Waals surface area contributed by atoms with Crippen LogP contribution in [0.4, 0.5) is 0 Å². The zero-order valence-electron chi connectivity index (χ0n) is 31.1. The Morgan fingerprint density at radius 2 is 1.78 bits per heavy atom. The summed E-state index contributed by atoms with van der Waals surface area (Å²) in [6, 6.07) is 7.75. The molecule has 1 aromatic carbocycles. The average molecular weight is 692 g/mol. The largest absolute Gasteiger partial charge is 0.456 e. The first-order chi connectivity index (χ1) is 24.0. The van der Waals surface area contributed by atoms with Crippen LogP contribution in [0.2, 0.25) is 0 Å². The fourth-order valence-electron chi connectivity index (χ4n) is 9.26. The second-order valence-electron chi connectivity index (χ2n) is 16.6. The lowest BCUT2D eigenvalue weighted by molar-refractivity contribution is -0.190. The Kier molecular flexibility index (Phi) is 11.6. The van der Waals surface area contributed by atoms with Crippen molar-refractivity contribution in [3.63, 3.8) is 0 Å². The number of esters is 1. The van der Waals surface area contributed by atoms with Crippen molar-refractivity contribution in [3.8, 4) is 0 Å². The monoisotopic (exact) mass is 691 g/mol. The zero-order valence-corrected chi connectivity index (χ0v) is 31.1. The van der Waals surface area contributed by atoms with Crippen LogP contribution in [0.25, 0.3) is 6.08 Å². The van der Waals surface area contributed by atoms with E-state index in [1.165, 1.54) is 18.4 Å².